The number of hydrogen-bond donors (Lipinski definition) is 1. The summed E-state index contributed by atoms with van der Waals surface area (Å²) in [5.41, 5.74) is 5.58. The molecule has 3 rings (SSSR count). The van der Waals surface area contributed by atoms with E-state index in [1.807, 2.05) is 9.80 Å². The highest BCUT2D eigenvalue weighted by molar-refractivity contribution is 5.84. The zero-order chi connectivity index (χ0) is 14.2. The van der Waals surface area contributed by atoms with Crippen molar-refractivity contribution in [1.29, 1.82) is 0 Å². The molecule has 1 heterocycles. The number of piperazine rings is 1. The number of nitrogens with two attached hydrogens (primary N) is 1. The van der Waals surface area contributed by atoms with Crippen molar-refractivity contribution in [2.75, 3.05) is 32.7 Å². The second kappa shape index (κ2) is 5.35. The molecule has 1 saturated heterocycles. The fraction of sp³-hybridized carbons (Fsp3) is 0.867. The number of hydrogen-bond acceptors (Lipinski definition) is 3. The van der Waals surface area contributed by atoms with Gasteiger partial charge in [0.1, 0.15) is 0 Å². The van der Waals surface area contributed by atoms with Crippen molar-refractivity contribution in [2.24, 2.45) is 17.1 Å². The standard InChI is InChI=1S/C15H25N3O2/c16-11-15(5-1-2-6-15)14(20)18-9-7-17(8-10-18)13(19)12-3-4-12/h12H,1-11,16H2. The summed E-state index contributed by atoms with van der Waals surface area (Å²) in [6.07, 6.45) is 6.20. The van der Waals surface area contributed by atoms with Gasteiger partial charge in [-0.05, 0) is 25.7 Å². The molecule has 0 unspecified atom stereocenters. The molecule has 0 spiro atoms. The van der Waals surface area contributed by atoms with Gasteiger partial charge in [0.2, 0.25) is 11.8 Å². The summed E-state index contributed by atoms with van der Waals surface area (Å²) in [4.78, 5) is 28.6. The van der Waals surface area contributed by atoms with Crippen molar-refractivity contribution in [3.8, 4) is 0 Å². The zero-order valence-electron chi connectivity index (χ0n) is 12.1. The normalized spacial score (nSPS) is 25.9. The van der Waals surface area contributed by atoms with Crippen molar-refractivity contribution in [1.82, 2.24) is 9.80 Å². The third-order valence-corrected chi connectivity index (χ3v) is 5.21. The van der Waals surface area contributed by atoms with E-state index in [9.17, 15) is 9.59 Å². The molecule has 5 heteroatoms. The van der Waals surface area contributed by atoms with Crippen LogP contribution in [0.5, 0.6) is 0 Å². The smallest absolute Gasteiger partial charge is 0.230 e. The zero-order valence-corrected chi connectivity index (χ0v) is 12.1. The van der Waals surface area contributed by atoms with Gasteiger partial charge in [0.15, 0.2) is 0 Å². The minimum absolute atomic E-state index is 0.232. The van der Waals surface area contributed by atoms with Crippen LogP contribution in [-0.2, 0) is 9.59 Å². The Hall–Kier alpha value is -1.10. The van der Waals surface area contributed by atoms with Gasteiger partial charge < -0.3 is 15.5 Å². The average Bonchev–Trinajstić information content (AvgIpc) is 3.23. The Bertz CT molecular complexity index is 392. The van der Waals surface area contributed by atoms with Crippen LogP contribution < -0.4 is 5.73 Å². The maximum Gasteiger partial charge on any atom is 0.230 e. The second-order valence-electron chi connectivity index (χ2n) is 6.58. The molecule has 20 heavy (non-hydrogen) atoms. The van der Waals surface area contributed by atoms with Gasteiger partial charge in [-0.15, -0.1) is 0 Å². The summed E-state index contributed by atoms with van der Waals surface area (Å²) < 4.78 is 0. The van der Waals surface area contributed by atoms with Crippen LogP contribution in [0.25, 0.3) is 0 Å². The lowest BCUT2D eigenvalue weighted by molar-refractivity contribution is -0.146. The Kier molecular flexibility index (Phi) is 3.71. The molecule has 0 aromatic rings. The Morgan fingerprint density at radius 3 is 2.05 bits per heavy atom. The molecule has 0 radical (unpaired) electrons. The maximum absolute atomic E-state index is 12.7. The van der Waals surface area contributed by atoms with Crippen molar-refractivity contribution in [2.45, 2.75) is 38.5 Å². The predicted molar refractivity (Wildman–Crippen MR) is 75.8 cm³/mol. The van der Waals surface area contributed by atoms with E-state index in [2.05, 4.69) is 0 Å². The minimum atomic E-state index is -0.303. The van der Waals surface area contributed by atoms with Crippen molar-refractivity contribution in [3.05, 3.63) is 0 Å². The lowest BCUT2D eigenvalue weighted by Gasteiger charge is -2.39. The molecule has 112 valence electrons. The molecule has 2 N–H and O–H groups in total. The summed E-state index contributed by atoms with van der Waals surface area (Å²) in [6, 6.07) is 0. The fourth-order valence-electron chi connectivity index (χ4n) is 3.61. The molecule has 0 bridgehead atoms. The number of carbonyl (C=O) groups is 2. The quantitative estimate of drug-likeness (QED) is 0.822. The Balaban J connectivity index is 1.57. The molecule has 0 aromatic heterocycles. The molecule has 3 aliphatic rings. The van der Waals surface area contributed by atoms with Gasteiger partial charge in [-0.1, -0.05) is 12.8 Å². The summed E-state index contributed by atoms with van der Waals surface area (Å²) in [5, 5.41) is 0. The van der Waals surface area contributed by atoms with E-state index in [0.29, 0.717) is 38.6 Å². The van der Waals surface area contributed by atoms with Crippen LogP contribution in [0.1, 0.15) is 38.5 Å². The summed E-state index contributed by atoms with van der Waals surface area (Å²) in [6.45, 7) is 3.22. The summed E-state index contributed by atoms with van der Waals surface area (Å²) in [5.74, 6) is 0.810. The monoisotopic (exact) mass is 279 g/mol. The highest BCUT2D eigenvalue weighted by Crippen LogP contribution is 2.39. The molecular weight excluding hydrogens is 254 g/mol. The van der Waals surface area contributed by atoms with E-state index in [1.54, 1.807) is 0 Å². The number of nitrogens with zero attached hydrogens (tertiary/aromatic N) is 2. The fourth-order valence-corrected chi connectivity index (χ4v) is 3.61. The van der Waals surface area contributed by atoms with Crippen LogP contribution in [0.15, 0.2) is 0 Å². The van der Waals surface area contributed by atoms with Gasteiger partial charge in [0, 0.05) is 38.6 Å². The first-order chi connectivity index (χ1) is 9.66. The summed E-state index contributed by atoms with van der Waals surface area (Å²) in [7, 11) is 0. The van der Waals surface area contributed by atoms with E-state index < -0.39 is 0 Å². The van der Waals surface area contributed by atoms with Gasteiger partial charge >= 0.3 is 0 Å². The first-order valence-electron chi connectivity index (χ1n) is 7.94. The van der Waals surface area contributed by atoms with E-state index in [-0.39, 0.29) is 17.2 Å². The first kappa shape index (κ1) is 13.9. The number of carbonyl (C=O) groups excluding carboxylic acids is 2. The minimum Gasteiger partial charge on any atom is -0.339 e. The number of rotatable bonds is 3. The van der Waals surface area contributed by atoms with E-state index in [0.717, 1.165) is 38.5 Å². The van der Waals surface area contributed by atoms with Gasteiger partial charge in [-0.3, -0.25) is 9.59 Å². The van der Waals surface area contributed by atoms with Crippen LogP contribution >= 0.6 is 0 Å². The van der Waals surface area contributed by atoms with Gasteiger partial charge in [-0.2, -0.15) is 0 Å². The predicted octanol–water partition coefficient (Wildman–Crippen LogP) is 0.586. The average molecular weight is 279 g/mol. The lowest BCUT2D eigenvalue weighted by atomic mass is 9.84. The van der Waals surface area contributed by atoms with Crippen molar-refractivity contribution >= 4 is 11.8 Å². The lowest BCUT2D eigenvalue weighted by Crippen LogP contribution is -2.55. The van der Waals surface area contributed by atoms with Crippen molar-refractivity contribution < 1.29 is 9.59 Å². The molecule has 2 saturated carbocycles. The molecular formula is C15H25N3O2. The Morgan fingerprint density at radius 1 is 1.00 bits per heavy atom. The van der Waals surface area contributed by atoms with E-state index in [1.165, 1.54) is 0 Å². The maximum atomic E-state index is 12.7. The highest BCUT2D eigenvalue weighted by Gasteiger charge is 2.43. The van der Waals surface area contributed by atoms with Crippen LogP contribution in [0, 0.1) is 11.3 Å². The second-order valence-corrected chi connectivity index (χ2v) is 6.58. The van der Waals surface area contributed by atoms with Crippen LogP contribution in [0.4, 0.5) is 0 Å². The molecule has 2 amide bonds. The molecule has 2 aliphatic carbocycles. The Labute approximate surface area is 120 Å². The van der Waals surface area contributed by atoms with Gasteiger partial charge in [0.05, 0.1) is 5.41 Å². The molecule has 5 nitrogen and oxygen atoms in total. The van der Waals surface area contributed by atoms with Crippen LogP contribution in [0.2, 0.25) is 0 Å². The SMILES string of the molecule is NCC1(C(=O)N2CCN(C(=O)C3CC3)CC2)CCCC1. The van der Waals surface area contributed by atoms with Gasteiger partial charge in [-0.25, -0.2) is 0 Å². The van der Waals surface area contributed by atoms with E-state index in [4.69, 9.17) is 5.73 Å². The highest BCUT2D eigenvalue weighted by atomic mass is 16.2. The van der Waals surface area contributed by atoms with Gasteiger partial charge in [0.25, 0.3) is 0 Å². The topological polar surface area (TPSA) is 66.6 Å². The van der Waals surface area contributed by atoms with E-state index >= 15 is 0 Å². The van der Waals surface area contributed by atoms with Crippen molar-refractivity contribution in [3.63, 3.8) is 0 Å². The van der Waals surface area contributed by atoms with Crippen LogP contribution in [0.3, 0.4) is 0 Å². The van der Waals surface area contributed by atoms with Crippen LogP contribution in [-0.4, -0.2) is 54.3 Å². The Morgan fingerprint density at radius 2 is 1.55 bits per heavy atom. The summed E-state index contributed by atoms with van der Waals surface area (Å²) >= 11 is 0. The molecule has 0 atom stereocenters. The molecule has 0 aromatic carbocycles. The number of amides is 2. The largest absolute Gasteiger partial charge is 0.339 e. The third kappa shape index (κ3) is 2.43. The third-order valence-electron chi connectivity index (χ3n) is 5.21. The molecule has 1 aliphatic heterocycles. The molecule has 3 fully saturated rings. The first-order valence-corrected chi connectivity index (χ1v) is 7.94.